The number of benzene rings is 1. The third-order valence-corrected chi connectivity index (χ3v) is 8.43. The summed E-state index contributed by atoms with van der Waals surface area (Å²) < 4.78 is 12.3. The van der Waals surface area contributed by atoms with Crippen molar-refractivity contribution in [2.45, 2.75) is 49.4 Å². The number of carbonyl (C=O) groups excluding carboxylic acids is 2. The Balaban J connectivity index is 1.37. The van der Waals surface area contributed by atoms with Gasteiger partial charge in [-0.25, -0.2) is 4.79 Å². The summed E-state index contributed by atoms with van der Waals surface area (Å²) in [5.41, 5.74) is 13.2. The smallest absolute Gasteiger partial charge is 0.315 e. The predicted molar refractivity (Wildman–Crippen MR) is 141 cm³/mol. The fourth-order valence-electron chi connectivity index (χ4n) is 4.77. The van der Waals surface area contributed by atoms with E-state index in [1.54, 1.807) is 0 Å². The molecule has 0 radical (unpaired) electrons. The molecular formula is C24H41N7O3S. The first-order valence-electron chi connectivity index (χ1n) is 12.6. The minimum atomic E-state index is -0.939. The monoisotopic (exact) mass is 507 g/mol. The summed E-state index contributed by atoms with van der Waals surface area (Å²) in [5.74, 6) is 0.917. The van der Waals surface area contributed by atoms with E-state index in [1.807, 2.05) is 12.1 Å². The molecule has 1 aromatic carbocycles. The number of anilines is 1. The highest BCUT2D eigenvalue weighted by atomic mass is 32.2. The van der Waals surface area contributed by atoms with Gasteiger partial charge in [-0.05, 0) is 56.0 Å². The van der Waals surface area contributed by atoms with Crippen LogP contribution in [0.5, 0.6) is 0 Å². The zero-order chi connectivity index (χ0) is 25.0. The second kappa shape index (κ2) is 14.5. The first-order valence-corrected chi connectivity index (χ1v) is 14.0. The summed E-state index contributed by atoms with van der Waals surface area (Å²) >= 11 is 0. The zero-order valence-electron chi connectivity index (χ0n) is 20.4. The van der Waals surface area contributed by atoms with Gasteiger partial charge in [0.15, 0.2) is 0 Å². The molecule has 3 rings (SSSR count). The number of hydrogen-bond donors (Lipinski definition) is 7. The number of amides is 3. The molecule has 35 heavy (non-hydrogen) atoms. The zero-order valence-corrected chi connectivity index (χ0v) is 21.2. The Morgan fingerprint density at radius 2 is 1.74 bits per heavy atom. The van der Waals surface area contributed by atoms with Crippen LogP contribution in [-0.2, 0) is 22.0 Å². The fourth-order valence-corrected chi connectivity index (χ4v) is 6.68. The van der Waals surface area contributed by atoms with Crippen molar-refractivity contribution in [3.63, 3.8) is 0 Å². The lowest BCUT2D eigenvalue weighted by atomic mass is 9.98. The summed E-state index contributed by atoms with van der Waals surface area (Å²) in [5, 5.41) is 15.4. The van der Waals surface area contributed by atoms with Crippen LogP contribution in [0, 0.1) is 5.92 Å². The van der Waals surface area contributed by atoms with Crippen LogP contribution < -0.4 is 38.1 Å². The third-order valence-electron chi connectivity index (χ3n) is 6.54. The van der Waals surface area contributed by atoms with Crippen molar-refractivity contribution in [3.8, 4) is 0 Å². The van der Waals surface area contributed by atoms with Crippen LogP contribution in [0.1, 0.15) is 31.2 Å². The molecule has 4 unspecified atom stereocenters. The summed E-state index contributed by atoms with van der Waals surface area (Å²) in [6.45, 7) is 4.59. The average molecular weight is 508 g/mol. The number of carbonyl (C=O) groups is 2. The van der Waals surface area contributed by atoms with Crippen molar-refractivity contribution in [3.05, 3.63) is 29.8 Å². The summed E-state index contributed by atoms with van der Waals surface area (Å²) in [7, 11) is -0.939. The van der Waals surface area contributed by atoms with Crippen LogP contribution in [0.3, 0.4) is 0 Å². The second-order valence-electron chi connectivity index (χ2n) is 9.38. The van der Waals surface area contributed by atoms with Gasteiger partial charge in [0, 0.05) is 54.8 Å². The van der Waals surface area contributed by atoms with Gasteiger partial charge in [0.1, 0.15) is 0 Å². The van der Waals surface area contributed by atoms with Gasteiger partial charge >= 0.3 is 6.03 Å². The van der Waals surface area contributed by atoms with Gasteiger partial charge in [0.2, 0.25) is 5.91 Å². The number of rotatable bonds is 16. The molecule has 0 aromatic heterocycles. The number of nitrogens with one attached hydrogen (secondary N) is 5. The molecule has 10 nitrogen and oxygen atoms in total. The van der Waals surface area contributed by atoms with Crippen LogP contribution in [0.15, 0.2) is 24.3 Å². The van der Waals surface area contributed by atoms with Crippen LogP contribution in [0.4, 0.5) is 10.5 Å². The van der Waals surface area contributed by atoms with Crippen LogP contribution in [0.2, 0.25) is 0 Å². The van der Waals surface area contributed by atoms with Crippen molar-refractivity contribution in [2.75, 3.05) is 50.3 Å². The largest absolute Gasteiger partial charge is 0.332 e. The van der Waals surface area contributed by atoms with Gasteiger partial charge in [-0.3, -0.25) is 9.00 Å². The minimum Gasteiger partial charge on any atom is -0.332 e. The number of hydrogen-bond acceptors (Lipinski definition) is 7. The first kappa shape index (κ1) is 27.5. The fraction of sp³-hybridized carbons (Fsp3) is 0.667. The van der Waals surface area contributed by atoms with Crippen LogP contribution in [0.25, 0.3) is 0 Å². The van der Waals surface area contributed by atoms with Crippen molar-refractivity contribution >= 4 is 28.4 Å². The lowest BCUT2D eigenvalue weighted by Crippen LogP contribution is -2.38. The van der Waals surface area contributed by atoms with E-state index in [-0.39, 0.29) is 29.3 Å². The van der Waals surface area contributed by atoms with Crippen molar-refractivity contribution in [2.24, 2.45) is 17.4 Å². The van der Waals surface area contributed by atoms with E-state index < -0.39 is 10.8 Å². The SMILES string of the molecule is NCCNCC(CNCCN)Cc1ccc(NC(=O)CCCCC2C3NC(=O)NC3CS2=O)cc1. The van der Waals surface area contributed by atoms with E-state index in [1.165, 1.54) is 5.56 Å². The molecule has 0 spiro atoms. The first-order chi connectivity index (χ1) is 17.0. The van der Waals surface area contributed by atoms with Gasteiger partial charge in [-0.2, -0.15) is 0 Å². The van der Waals surface area contributed by atoms with E-state index in [4.69, 9.17) is 11.5 Å². The van der Waals surface area contributed by atoms with Crippen LogP contribution in [-0.4, -0.2) is 78.5 Å². The van der Waals surface area contributed by atoms with Crippen molar-refractivity contribution in [1.82, 2.24) is 21.3 Å². The Bertz CT molecular complexity index is 829. The molecule has 11 heteroatoms. The number of urea groups is 1. The molecule has 2 fully saturated rings. The molecule has 2 aliphatic rings. The third kappa shape index (κ3) is 8.84. The van der Waals surface area contributed by atoms with Gasteiger partial charge in [0.05, 0.1) is 17.3 Å². The Morgan fingerprint density at radius 3 is 2.40 bits per heavy atom. The molecule has 2 saturated heterocycles. The maximum absolute atomic E-state index is 12.4. The van der Waals surface area contributed by atoms with Gasteiger partial charge in [-0.1, -0.05) is 18.6 Å². The topological polar surface area (TPSA) is 163 Å². The van der Waals surface area contributed by atoms with E-state index in [2.05, 4.69) is 38.7 Å². The highest BCUT2D eigenvalue weighted by Gasteiger charge is 2.46. The summed E-state index contributed by atoms with van der Waals surface area (Å²) in [6.07, 6.45) is 3.62. The molecule has 3 amide bonds. The van der Waals surface area contributed by atoms with Gasteiger partial charge in [0.25, 0.3) is 0 Å². The standard InChI is InChI=1S/C24H41N7O3S/c25-9-11-27-14-18(15-28-12-10-26)13-17-5-7-19(8-6-17)29-22(32)4-2-1-3-21-23-20(16-35(21)34)30-24(33)31-23/h5-8,18,20-21,23,27-28H,1-4,9-16,25-26H2,(H,29,32)(H2,30,31,33). The summed E-state index contributed by atoms with van der Waals surface area (Å²) in [4.78, 5) is 23.9. The molecule has 2 heterocycles. The predicted octanol–water partition coefficient (Wildman–Crippen LogP) is -0.378. The van der Waals surface area contributed by atoms with Crippen LogP contribution >= 0.6 is 0 Å². The minimum absolute atomic E-state index is 0.0196. The lowest BCUT2D eigenvalue weighted by Gasteiger charge is -2.18. The molecular weight excluding hydrogens is 466 g/mol. The van der Waals surface area contributed by atoms with Crippen molar-refractivity contribution < 1.29 is 13.8 Å². The number of fused-ring (bicyclic) bond motifs is 1. The quantitative estimate of drug-likeness (QED) is 0.118. The molecule has 4 atom stereocenters. The Kier molecular flexibility index (Phi) is 11.4. The van der Waals surface area contributed by atoms with Gasteiger partial charge in [-0.15, -0.1) is 0 Å². The number of unbranched alkanes of at least 4 members (excludes halogenated alkanes) is 1. The Labute approximate surface area is 210 Å². The molecule has 2 aliphatic heterocycles. The number of nitrogens with two attached hydrogens (primary N) is 2. The molecule has 196 valence electrons. The lowest BCUT2D eigenvalue weighted by molar-refractivity contribution is -0.116. The molecule has 9 N–H and O–H groups in total. The maximum atomic E-state index is 12.4. The summed E-state index contributed by atoms with van der Waals surface area (Å²) in [6, 6.07) is 7.76. The van der Waals surface area contributed by atoms with Crippen molar-refractivity contribution in [1.29, 1.82) is 0 Å². The molecule has 0 aliphatic carbocycles. The second-order valence-corrected chi connectivity index (χ2v) is 11.1. The van der Waals surface area contributed by atoms with E-state index in [0.717, 1.165) is 57.5 Å². The van der Waals surface area contributed by atoms with Gasteiger partial charge < -0.3 is 38.1 Å². The van der Waals surface area contributed by atoms with E-state index in [0.29, 0.717) is 31.2 Å². The Morgan fingerprint density at radius 1 is 1.06 bits per heavy atom. The maximum Gasteiger partial charge on any atom is 0.315 e. The van der Waals surface area contributed by atoms with E-state index in [9.17, 15) is 13.8 Å². The highest BCUT2D eigenvalue weighted by Crippen LogP contribution is 2.25. The molecule has 0 bridgehead atoms. The Hall–Kier alpha value is -2.05. The molecule has 0 saturated carbocycles. The highest BCUT2D eigenvalue weighted by molar-refractivity contribution is 7.86. The normalized spacial score (nSPS) is 23.2. The average Bonchev–Trinajstić information content (AvgIpc) is 3.32. The van der Waals surface area contributed by atoms with E-state index >= 15 is 0 Å². The molecule has 1 aromatic rings.